The molecular formula is C70H46O2. The van der Waals surface area contributed by atoms with Crippen LogP contribution in [0, 0.1) is 0 Å². The molecule has 0 fully saturated rings. The first-order valence-corrected chi connectivity index (χ1v) is 24.8. The monoisotopic (exact) mass is 918 g/mol. The van der Waals surface area contributed by atoms with Crippen molar-refractivity contribution >= 4 is 21.5 Å². The van der Waals surface area contributed by atoms with Gasteiger partial charge in [-0.1, -0.05) is 237 Å². The Morgan fingerprint density at radius 3 is 0.944 bits per heavy atom. The van der Waals surface area contributed by atoms with E-state index in [4.69, 9.17) is 9.47 Å². The Kier molecular flexibility index (Phi) is 9.69. The summed E-state index contributed by atoms with van der Waals surface area (Å²) in [6, 6.07) is 102. The van der Waals surface area contributed by atoms with Crippen LogP contribution in [0.5, 0.6) is 23.0 Å². The number of benzene rings is 12. The number of hydrogen-bond acceptors (Lipinski definition) is 2. The maximum atomic E-state index is 6.69. The van der Waals surface area contributed by atoms with E-state index >= 15 is 0 Å². The molecule has 2 aliphatic rings. The minimum atomic E-state index is -0.643. The molecule has 0 radical (unpaired) electrons. The van der Waals surface area contributed by atoms with Gasteiger partial charge in [0.25, 0.3) is 0 Å². The Bertz CT molecular complexity index is 3710. The lowest BCUT2D eigenvalue weighted by molar-refractivity contribution is 0.434. The van der Waals surface area contributed by atoms with Crippen molar-refractivity contribution in [3.05, 3.63) is 324 Å². The van der Waals surface area contributed by atoms with Crippen LogP contribution in [0.15, 0.2) is 279 Å². The van der Waals surface area contributed by atoms with E-state index in [2.05, 4.69) is 279 Å². The first-order valence-electron chi connectivity index (χ1n) is 24.8. The average Bonchev–Trinajstić information content (AvgIpc) is 3.45. The summed E-state index contributed by atoms with van der Waals surface area (Å²) in [5.41, 5.74) is 15.0. The second-order valence-electron chi connectivity index (χ2n) is 19.0. The maximum absolute atomic E-state index is 6.69. The third-order valence-electron chi connectivity index (χ3n) is 15.3. The summed E-state index contributed by atoms with van der Waals surface area (Å²) < 4.78 is 13.4. The molecule has 338 valence electrons. The molecule has 0 amide bonds. The molecule has 12 aromatic rings. The lowest BCUT2D eigenvalue weighted by Gasteiger charge is -2.41. The number of ether oxygens (including phenoxy) is 2. The van der Waals surface area contributed by atoms with Crippen molar-refractivity contribution in [2.45, 2.75) is 10.8 Å². The van der Waals surface area contributed by atoms with Crippen molar-refractivity contribution in [1.82, 2.24) is 0 Å². The second kappa shape index (κ2) is 16.7. The Hall–Kier alpha value is -9.24. The van der Waals surface area contributed by atoms with Gasteiger partial charge in [0.05, 0.1) is 10.8 Å². The SMILES string of the molecule is c1ccc(-c2c3cccc(-c4cccc(C5(c6ccccc6)c6ccccc6Oc6ccccc65)c4)c3cc3c(-c4cccc(C5(c6ccccc6)c6ccccc6Oc6ccccc65)c4)cccc23)cc1. The number of hydrogen-bond donors (Lipinski definition) is 0. The molecule has 0 aliphatic carbocycles. The molecule has 0 atom stereocenters. The van der Waals surface area contributed by atoms with Gasteiger partial charge in [-0.2, -0.15) is 0 Å². The molecule has 2 heterocycles. The molecule has 2 aliphatic heterocycles. The van der Waals surface area contributed by atoms with Gasteiger partial charge in [0.15, 0.2) is 0 Å². The Morgan fingerprint density at radius 1 is 0.222 bits per heavy atom. The molecule has 72 heavy (non-hydrogen) atoms. The van der Waals surface area contributed by atoms with E-state index in [9.17, 15) is 0 Å². The van der Waals surface area contributed by atoms with Gasteiger partial charge in [-0.25, -0.2) is 0 Å². The fourth-order valence-corrected chi connectivity index (χ4v) is 12.4. The molecule has 2 heteroatoms. The second-order valence-corrected chi connectivity index (χ2v) is 19.0. The molecule has 12 aromatic carbocycles. The van der Waals surface area contributed by atoms with Crippen LogP contribution in [0.4, 0.5) is 0 Å². The van der Waals surface area contributed by atoms with E-state index in [0.29, 0.717) is 0 Å². The maximum Gasteiger partial charge on any atom is 0.132 e. The van der Waals surface area contributed by atoms with E-state index in [-0.39, 0.29) is 0 Å². The summed E-state index contributed by atoms with van der Waals surface area (Å²) in [4.78, 5) is 0. The van der Waals surface area contributed by atoms with Crippen molar-refractivity contribution in [3.8, 4) is 56.4 Å². The highest BCUT2D eigenvalue weighted by Crippen LogP contribution is 2.57. The van der Waals surface area contributed by atoms with Gasteiger partial charge in [-0.3, -0.25) is 0 Å². The molecule has 0 saturated carbocycles. The van der Waals surface area contributed by atoms with Gasteiger partial charge >= 0.3 is 0 Å². The van der Waals surface area contributed by atoms with Gasteiger partial charge in [-0.15, -0.1) is 0 Å². The van der Waals surface area contributed by atoms with E-state index in [1.807, 2.05) is 0 Å². The number of fused-ring (bicyclic) bond motifs is 6. The highest BCUT2D eigenvalue weighted by molar-refractivity contribution is 6.19. The van der Waals surface area contributed by atoms with Crippen molar-refractivity contribution < 1.29 is 9.47 Å². The Labute approximate surface area is 419 Å². The molecule has 0 saturated heterocycles. The van der Waals surface area contributed by atoms with Crippen LogP contribution in [0.25, 0.3) is 54.9 Å². The standard InChI is InChI=1S/C70H46O2/c1-4-22-47(23-5-1)68-56-34-20-32-54(48-24-18-30-52(44-48)69(50-26-6-2-7-27-50)60-36-10-14-40-64(60)71-65-41-15-11-37-61(65)69)58(56)46-59-55(33-21-35-57(59)68)49-25-19-31-53(45-49)70(51-28-8-3-9-29-51)62-38-12-16-42-66(62)72-67-43-17-13-39-63(67)70/h1-46H. The summed E-state index contributed by atoms with van der Waals surface area (Å²) in [5, 5.41) is 4.80. The molecular weight excluding hydrogens is 873 g/mol. The van der Waals surface area contributed by atoms with E-state index < -0.39 is 10.8 Å². The molecule has 0 bridgehead atoms. The molecule has 0 unspecified atom stereocenters. The first kappa shape index (κ1) is 41.7. The number of para-hydroxylation sites is 4. The van der Waals surface area contributed by atoms with Gasteiger partial charge in [-0.05, 0) is 120 Å². The van der Waals surface area contributed by atoms with Crippen molar-refractivity contribution in [2.75, 3.05) is 0 Å². The number of rotatable bonds is 7. The zero-order valence-electron chi connectivity index (χ0n) is 39.4. The van der Waals surface area contributed by atoms with Gasteiger partial charge < -0.3 is 9.47 Å². The average molecular weight is 919 g/mol. The van der Waals surface area contributed by atoms with Crippen LogP contribution in [-0.4, -0.2) is 0 Å². The largest absolute Gasteiger partial charge is 0.457 e. The van der Waals surface area contributed by atoms with Crippen molar-refractivity contribution in [2.24, 2.45) is 0 Å². The van der Waals surface area contributed by atoms with Crippen LogP contribution >= 0.6 is 0 Å². The highest BCUT2D eigenvalue weighted by atomic mass is 16.5. The Morgan fingerprint density at radius 2 is 0.542 bits per heavy atom. The predicted molar refractivity (Wildman–Crippen MR) is 295 cm³/mol. The lowest BCUT2D eigenvalue weighted by Crippen LogP contribution is -2.34. The lowest BCUT2D eigenvalue weighted by atomic mass is 9.63. The zero-order valence-corrected chi connectivity index (χ0v) is 39.4. The van der Waals surface area contributed by atoms with Crippen molar-refractivity contribution in [1.29, 1.82) is 0 Å². The smallest absolute Gasteiger partial charge is 0.132 e. The van der Waals surface area contributed by atoms with Crippen LogP contribution in [0.2, 0.25) is 0 Å². The first-order chi connectivity index (χ1) is 35.7. The Balaban J connectivity index is 1.02. The molecule has 0 N–H and O–H groups in total. The van der Waals surface area contributed by atoms with E-state index in [1.54, 1.807) is 0 Å². The molecule has 2 nitrogen and oxygen atoms in total. The van der Waals surface area contributed by atoms with Crippen LogP contribution in [0.1, 0.15) is 44.5 Å². The minimum absolute atomic E-state index is 0.643. The van der Waals surface area contributed by atoms with E-state index in [0.717, 1.165) is 56.4 Å². The van der Waals surface area contributed by atoms with Gasteiger partial charge in [0, 0.05) is 22.3 Å². The third kappa shape index (κ3) is 6.22. The fraction of sp³-hybridized carbons (Fsp3) is 0.0286. The fourth-order valence-electron chi connectivity index (χ4n) is 12.4. The molecule has 0 spiro atoms. The predicted octanol–water partition coefficient (Wildman–Crippen LogP) is 18.0. The van der Waals surface area contributed by atoms with Crippen molar-refractivity contribution in [3.63, 3.8) is 0 Å². The molecule has 0 aromatic heterocycles. The summed E-state index contributed by atoms with van der Waals surface area (Å²) in [6.45, 7) is 0. The van der Waals surface area contributed by atoms with Crippen LogP contribution in [0.3, 0.4) is 0 Å². The summed E-state index contributed by atoms with van der Waals surface area (Å²) in [5.74, 6) is 3.47. The normalized spacial score (nSPS) is 13.7. The van der Waals surface area contributed by atoms with Gasteiger partial charge in [0.2, 0.25) is 0 Å². The van der Waals surface area contributed by atoms with Gasteiger partial charge in [0.1, 0.15) is 23.0 Å². The van der Waals surface area contributed by atoms with E-state index in [1.165, 1.54) is 66.1 Å². The zero-order chi connectivity index (χ0) is 47.6. The summed E-state index contributed by atoms with van der Waals surface area (Å²) >= 11 is 0. The van der Waals surface area contributed by atoms with Crippen LogP contribution < -0.4 is 9.47 Å². The summed E-state index contributed by atoms with van der Waals surface area (Å²) in [6.07, 6.45) is 0. The summed E-state index contributed by atoms with van der Waals surface area (Å²) in [7, 11) is 0. The van der Waals surface area contributed by atoms with Crippen LogP contribution in [-0.2, 0) is 10.8 Å². The quantitative estimate of drug-likeness (QED) is 0.148. The third-order valence-corrected chi connectivity index (χ3v) is 15.3. The highest BCUT2D eigenvalue weighted by Gasteiger charge is 2.47. The minimum Gasteiger partial charge on any atom is -0.457 e. The molecule has 14 rings (SSSR count). The topological polar surface area (TPSA) is 18.5 Å².